The maximum absolute atomic E-state index is 13.5. The molecule has 0 spiro atoms. The van der Waals surface area contributed by atoms with E-state index in [1.165, 1.54) is 24.3 Å². The van der Waals surface area contributed by atoms with E-state index in [4.69, 9.17) is 9.47 Å². The number of benzene rings is 2. The highest BCUT2D eigenvalue weighted by molar-refractivity contribution is 5.96. The Kier molecular flexibility index (Phi) is 6.56. The molecule has 0 bridgehead atoms. The van der Waals surface area contributed by atoms with E-state index in [1.54, 1.807) is 0 Å². The fourth-order valence-electron chi connectivity index (χ4n) is 2.86. The van der Waals surface area contributed by atoms with Crippen LogP contribution in [0.25, 0.3) is 0 Å². The summed E-state index contributed by atoms with van der Waals surface area (Å²) in [5.41, 5.74) is -1.70. The third-order valence-corrected chi connectivity index (χ3v) is 4.25. The minimum absolute atomic E-state index is 0.0633. The first-order valence-corrected chi connectivity index (χ1v) is 9.04. The number of ether oxygens (including phenoxy) is 2. The summed E-state index contributed by atoms with van der Waals surface area (Å²) < 4.78 is 63.7. The Morgan fingerprint density at radius 3 is 2.60 bits per heavy atom. The van der Waals surface area contributed by atoms with Crippen molar-refractivity contribution in [2.45, 2.75) is 25.1 Å². The Labute approximate surface area is 169 Å². The topological polar surface area (TPSA) is 76.7 Å². The van der Waals surface area contributed by atoms with Crippen LogP contribution in [0.15, 0.2) is 42.5 Å². The number of carbonyl (C=O) groups excluding carboxylic acids is 2. The van der Waals surface area contributed by atoms with Crippen LogP contribution in [0.3, 0.4) is 0 Å². The summed E-state index contributed by atoms with van der Waals surface area (Å²) in [7, 11) is 0. The first-order valence-electron chi connectivity index (χ1n) is 9.04. The highest BCUT2D eigenvalue weighted by atomic mass is 19.4. The molecule has 1 saturated heterocycles. The average Bonchev–Trinajstić information content (AvgIpc) is 3.22. The molecule has 0 aromatic heterocycles. The molecule has 1 aliphatic heterocycles. The molecule has 10 heteroatoms. The molecule has 1 aliphatic rings. The Morgan fingerprint density at radius 2 is 1.93 bits per heavy atom. The molecule has 30 heavy (non-hydrogen) atoms. The van der Waals surface area contributed by atoms with Gasteiger partial charge in [-0.05, 0) is 43.2 Å². The van der Waals surface area contributed by atoms with Gasteiger partial charge in [0, 0.05) is 18.4 Å². The van der Waals surface area contributed by atoms with Gasteiger partial charge in [0.15, 0.2) is 6.61 Å². The van der Waals surface area contributed by atoms with E-state index in [-0.39, 0.29) is 11.4 Å². The molecule has 1 fully saturated rings. The first-order chi connectivity index (χ1) is 14.2. The molecular weight excluding hydrogens is 408 g/mol. The van der Waals surface area contributed by atoms with Crippen molar-refractivity contribution in [3.63, 3.8) is 0 Å². The standard InChI is InChI=1S/C20H18F4N2O4/c21-12-3-1-4-14(9-12)30-11-18(27)26-16-7-6-13(10-15(16)20(22,23)24)25-19(28)17-5-2-8-29-17/h1,3-4,6-7,9-10,17H,2,5,8,11H2,(H,25,28)(H,26,27). The van der Waals surface area contributed by atoms with Gasteiger partial charge < -0.3 is 20.1 Å². The zero-order valence-electron chi connectivity index (χ0n) is 15.6. The Bertz CT molecular complexity index is 927. The number of rotatable bonds is 6. The van der Waals surface area contributed by atoms with E-state index >= 15 is 0 Å². The molecule has 2 aromatic rings. The number of hydrogen-bond donors (Lipinski definition) is 2. The van der Waals surface area contributed by atoms with Gasteiger partial charge in [0.05, 0.1) is 11.3 Å². The molecule has 160 valence electrons. The maximum atomic E-state index is 13.5. The van der Waals surface area contributed by atoms with Crippen molar-refractivity contribution in [1.29, 1.82) is 0 Å². The number of halogens is 4. The first kappa shape index (κ1) is 21.6. The van der Waals surface area contributed by atoms with E-state index in [2.05, 4.69) is 10.6 Å². The van der Waals surface area contributed by atoms with Crippen molar-refractivity contribution < 1.29 is 36.6 Å². The largest absolute Gasteiger partial charge is 0.484 e. The van der Waals surface area contributed by atoms with Gasteiger partial charge in [-0.1, -0.05) is 6.07 Å². The molecule has 1 atom stereocenters. The van der Waals surface area contributed by atoms with Gasteiger partial charge in [-0.3, -0.25) is 9.59 Å². The van der Waals surface area contributed by atoms with Crippen LogP contribution >= 0.6 is 0 Å². The van der Waals surface area contributed by atoms with Crippen molar-refractivity contribution in [2.75, 3.05) is 23.8 Å². The normalized spacial score (nSPS) is 16.2. The predicted molar refractivity (Wildman–Crippen MR) is 99.6 cm³/mol. The van der Waals surface area contributed by atoms with Crippen molar-refractivity contribution in [2.24, 2.45) is 0 Å². The molecule has 0 saturated carbocycles. The minimum Gasteiger partial charge on any atom is -0.484 e. The van der Waals surface area contributed by atoms with Crippen LogP contribution < -0.4 is 15.4 Å². The van der Waals surface area contributed by atoms with Crippen molar-refractivity contribution in [3.8, 4) is 5.75 Å². The van der Waals surface area contributed by atoms with E-state index in [1.807, 2.05) is 0 Å². The third kappa shape index (κ3) is 5.69. The number of alkyl halides is 3. The molecule has 1 heterocycles. The minimum atomic E-state index is -4.78. The fourth-order valence-corrected chi connectivity index (χ4v) is 2.86. The number of anilines is 2. The van der Waals surface area contributed by atoms with E-state index in [0.29, 0.717) is 19.4 Å². The Hall–Kier alpha value is -3.14. The molecule has 0 radical (unpaired) electrons. The van der Waals surface area contributed by atoms with Crippen LogP contribution in [-0.2, 0) is 20.5 Å². The van der Waals surface area contributed by atoms with Crippen molar-refractivity contribution in [3.05, 3.63) is 53.8 Å². The van der Waals surface area contributed by atoms with Crippen LogP contribution in [0.1, 0.15) is 18.4 Å². The summed E-state index contributed by atoms with van der Waals surface area (Å²) in [4.78, 5) is 24.1. The fraction of sp³-hybridized carbons (Fsp3) is 0.300. The summed E-state index contributed by atoms with van der Waals surface area (Å²) >= 11 is 0. The van der Waals surface area contributed by atoms with E-state index < -0.39 is 47.8 Å². The Balaban J connectivity index is 1.68. The van der Waals surface area contributed by atoms with Gasteiger partial charge in [0.1, 0.15) is 17.7 Å². The Morgan fingerprint density at radius 1 is 1.13 bits per heavy atom. The highest BCUT2D eigenvalue weighted by Gasteiger charge is 2.35. The van der Waals surface area contributed by atoms with Gasteiger partial charge in [0.2, 0.25) is 0 Å². The molecule has 1 unspecified atom stereocenters. The zero-order valence-corrected chi connectivity index (χ0v) is 15.6. The lowest BCUT2D eigenvalue weighted by Gasteiger charge is -2.17. The summed E-state index contributed by atoms with van der Waals surface area (Å²) in [6.45, 7) is -0.188. The van der Waals surface area contributed by atoms with E-state index in [0.717, 1.165) is 18.2 Å². The lowest BCUT2D eigenvalue weighted by atomic mass is 10.1. The van der Waals surface area contributed by atoms with Gasteiger partial charge in [-0.2, -0.15) is 13.2 Å². The number of nitrogens with one attached hydrogen (secondary N) is 2. The summed E-state index contributed by atoms with van der Waals surface area (Å²) in [6, 6.07) is 8.01. The second-order valence-electron chi connectivity index (χ2n) is 6.54. The van der Waals surface area contributed by atoms with Gasteiger partial charge in [-0.25, -0.2) is 4.39 Å². The van der Waals surface area contributed by atoms with Crippen LogP contribution in [-0.4, -0.2) is 31.1 Å². The SMILES string of the molecule is O=C(COc1cccc(F)c1)Nc1ccc(NC(=O)C2CCCO2)cc1C(F)(F)F. The van der Waals surface area contributed by atoms with E-state index in [9.17, 15) is 27.2 Å². The van der Waals surface area contributed by atoms with Crippen LogP contribution in [0, 0.1) is 5.82 Å². The maximum Gasteiger partial charge on any atom is 0.418 e. The predicted octanol–water partition coefficient (Wildman–Crippen LogP) is 3.98. The monoisotopic (exact) mass is 426 g/mol. The van der Waals surface area contributed by atoms with Gasteiger partial charge in [0.25, 0.3) is 11.8 Å². The third-order valence-electron chi connectivity index (χ3n) is 4.25. The molecule has 6 nitrogen and oxygen atoms in total. The number of carbonyl (C=O) groups is 2. The summed E-state index contributed by atoms with van der Waals surface area (Å²) in [5.74, 6) is -1.90. The zero-order chi connectivity index (χ0) is 21.7. The molecule has 2 amide bonds. The lowest BCUT2D eigenvalue weighted by Crippen LogP contribution is -2.27. The highest BCUT2D eigenvalue weighted by Crippen LogP contribution is 2.36. The number of amides is 2. The summed E-state index contributed by atoms with van der Waals surface area (Å²) in [5, 5.41) is 4.51. The smallest absolute Gasteiger partial charge is 0.418 e. The second kappa shape index (κ2) is 9.12. The lowest BCUT2D eigenvalue weighted by molar-refractivity contribution is -0.137. The van der Waals surface area contributed by atoms with Gasteiger partial charge in [-0.15, -0.1) is 0 Å². The summed E-state index contributed by atoms with van der Waals surface area (Å²) in [6.07, 6.45) is -4.28. The molecule has 3 rings (SSSR count). The molecule has 0 aliphatic carbocycles. The van der Waals surface area contributed by atoms with Crippen LogP contribution in [0.4, 0.5) is 28.9 Å². The quantitative estimate of drug-likeness (QED) is 0.686. The van der Waals surface area contributed by atoms with Crippen LogP contribution in [0.5, 0.6) is 5.75 Å². The van der Waals surface area contributed by atoms with Crippen molar-refractivity contribution >= 4 is 23.2 Å². The molecule has 2 N–H and O–H groups in total. The molecular formula is C20H18F4N2O4. The molecule has 2 aromatic carbocycles. The second-order valence-corrected chi connectivity index (χ2v) is 6.54. The van der Waals surface area contributed by atoms with Crippen molar-refractivity contribution in [1.82, 2.24) is 0 Å². The average molecular weight is 426 g/mol. The van der Waals surface area contributed by atoms with Gasteiger partial charge >= 0.3 is 6.18 Å². The van der Waals surface area contributed by atoms with Crippen LogP contribution in [0.2, 0.25) is 0 Å². The number of hydrogen-bond acceptors (Lipinski definition) is 4.